The fourth-order valence-electron chi connectivity index (χ4n) is 2.44. The van der Waals surface area contributed by atoms with E-state index in [1.54, 1.807) is 30.3 Å². The lowest BCUT2D eigenvalue weighted by atomic mass is 9.98. The van der Waals surface area contributed by atoms with Crippen LogP contribution >= 0.6 is 0 Å². The highest BCUT2D eigenvalue weighted by Gasteiger charge is 2.23. The van der Waals surface area contributed by atoms with Crippen molar-refractivity contribution in [3.8, 4) is 5.75 Å². The minimum Gasteiger partial charge on any atom is -0.493 e. The average molecular weight is 355 g/mol. The van der Waals surface area contributed by atoms with E-state index in [0.717, 1.165) is 12.8 Å². The molecule has 2 rings (SSSR count). The third kappa shape index (κ3) is 4.69. The van der Waals surface area contributed by atoms with Gasteiger partial charge in [-0.15, -0.1) is 0 Å². The van der Waals surface area contributed by atoms with Crippen molar-refractivity contribution in [1.29, 1.82) is 0 Å². The van der Waals surface area contributed by atoms with E-state index in [1.807, 2.05) is 6.92 Å². The van der Waals surface area contributed by atoms with Crippen molar-refractivity contribution in [1.82, 2.24) is 0 Å². The number of ether oxygens (including phenoxy) is 1. The number of rotatable bonds is 8. The van der Waals surface area contributed by atoms with E-state index < -0.39 is 11.9 Å². The second-order valence-electron chi connectivity index (χ2n) is 5.78. The Bertz CT molecular complexity index is 814. The summed E-state index contributed by atoms with van der Waals surface area (Å²) in [5, 5.41) is 11.9. The van der Waals surface area contributed by atoms with Crippen LogP contribution in [0.4, 0.5) is 5.69 Å². The molecule has 2 aromatic carbocycles. The van der Waals surface area contributed by atoms with Gasteiger partial charge in [-0.25, -0.2) is 4.79 Å². The topological polar surface area (TPSA) is 92.7 Å². The summed E-state index contributed by atoms with van der Waals surface area (Å²) >= 11 is 0. The number of hydrogen-bond donors (Lipinski definition) is 2. The predicted molar refractivity (Wildman–Crippen MR) is 98.0 cm³/mol. The summed E-state index contributed by atoms with van der Waals surface area (Å²) in [6.07, 6.45) is 1.64. The predicted octanol–water partition coefficient (Wildman–Crippen LogP) is 3.75. The van der Waals surface area contributed by atoms with Gasteiger partial charge in [0.05, 0.1) is 23.4 Å². The normalized spacial score (nSPS) is 10.2. The van der Waals surface area contributed by atoms with Crippen LogP contribution in [-0.4, -0.2) is 29.4 Å². The van der Waals surface area contributed by atoms with Gasteiger partial charge < -0.3 is 15.2 Å². The molecule has 26 heavy (non-hydrogen) atoms. The first-order valence-electron chi connectivity index (χ1n) is 8.35. The van der Waals surface area contributed by atoms with Crippen molar-refractivity contribution >= 4 is 23.3 Å². The number of carboxylic acid groups (broad SMARTS) is 1. The molecule has 136 valence electrons. The molecule has 2 N–H and O–H groups in total. The summed E-state index contributed by atoms with van der Waals surface area (Å²) in [5.74, 6) is -1.78. The number of nitrogens with one attached hydrogen (secondary N) is 1. The van der Waals surface area contributed by atoms with Gasteiger partial charge in [-0.1, -0.05) is 43.7 Å². The van der Waals surface area contributed by atoms with Gasteiger partial charge >= 0.3 is 5.97 Å². The van der Waals surface area contributed by atoms with Gasteiger partial charge in [-0.05, 0) is 18.6 Å². The Morgan fingerprint density at radius 2 is 1.77 bits per heavy atom. The van der Waals surface area contributed by atoms with E-state index in [2.05, 4.69) is 5.32 Å². The SMILES string of the molecule is CCCCOc1cc(C(=O)O)cc(NC(C)=O)c1C(=O)c1ccccc1. The van der Waals surface area contributed by atoms with Crippen LogP contribution in [-0.2, 0) is 4.79 Å². The molecular weight excluding hydrogens is 334 g/mol. The van der Waals surface area contributed by atoms with Crippen LogP contribution < -0.4 is 10.1 Å². The molecule has 0 atom stereocenters. The van der Waals surface area contributed by atoms with Crippen molar-refractivity contribution in [2.24, 2.45) is 0 Å². The highest BCUT2D eigenvalue weighted by molar-refractivity contribution is 6.16. The molecule has 1 amide bonds. The van der Waals surface area contributed by atoms with E-state index in [9.17, 15) is 19.5 Å². The molecule has 0 bridgehead atoms. The van der Waals surface area contributed by atoms with Gasteiger partial charge in [-0.2, -0.15) is 0 Å². The zero-order valence-electron chi connectivity index (χ0n) is 14.7. The van der Waals surface area contributed by atoms with Crippen molar-refractivity contribution < 1.29 is 24.2 Å². The zero-order valence-corrected chi connectivity index (χ0v) is 14.7. The smallest absolute Gasteiger partial charge is 0.335 e. The number of unbranched alkanes of at least 4 members (excludes halogenated alkanes) is 1. The fraction of sp³-hybridized carbons (Fsp3) is 0.250. The van der Waals surface area contributed by atoms with Gasteiger partial charge in [0.1, 0.15) is 5.75 Å². The molecule has 6 heteroatoms. The number of carboxylic acids is 1. The third-order valence-electron chi connectivity index (χ3n) is 3.68. The van der Waals surface area contributed by atoms with Crippen molar-refractivity contribution in [2.75, 3.05) is 11.9 Å². The molecule has 0 aliphatic rings. The molecule has 0 heterocycles. The maximum Gasteiger partial charge on any atom is 0.335 e. The second-order valence-corrected chi connectivity index (χ2v) is 5.78. The highest BCUT2D eigenvalue weighted by atomic mass is 16.5. The van der Waals surface area contributed by atoms with Gasteiger partial charge in [0, 0.05) is 12.5 Å². The summed E-state index contributed by atoms with van der Waals surface area (Å²) in [5.41, 5.74) is 0.623. The Hall–Kier alpha value is -3.15. The lowest BCUT2D eigenvalue weighted by Crippen LogP contribution is -2.15. The first kappa shape index (κ1) is 19.2. The van der Waals surface area contributed by atoms with Crippen LogP contribution in [0.1, 0.15) is 53.0 Å². The number of ketones is 1. The average Bonchev–Trinajstić information content (AvgIpc) is 2.61. The molecule has 0 saturated heterocycles. The summed E-state index contributed by atoms with van der Waals surface area (Å²) in [6, 6.07) is 11.1. The molecule has 0 aliphatic heterocycles. The third-order valence-corrected chi connectivity index (χ3v) is 3.68. The lowest BCUT2D eigenvalue weighted by Gasteiger charge is -2.16. The molecule has 0 radical (unpaired) electrons. The Morgan fingerprint density at radius 3 is 2.35 bits per heavy atom. The number of carbonyl (C=O) groups excluding carboxylic acids is 2. The van der Waals surface area contributed by atoms with Crippen LogP contribution in [0, 0.1) is 0 Å². The summed E-state index contributed by atoms with van der Waals surface area (Å²) < 4.78 is 5.70. The van der Waals surface area contributed by atoms with Crippen LogP contribution in [0.2, 0.25) is 0 Å². The van der Waals surface area contributed by atoms with E-state index >= 15 is 0 Å². The number of carbonyl (C=O) groups is 3. The van der Waals surface area contributed by atoms with E-state index in [-0.39, 0.29) is 28.3 Å². The second kappa shape index (κ2) is 8.80. The fourth-order valence-corrected chi connectivity index (χ4v) is 2.44. The van der Waals surface area contributed by atoms with Crippen LogP contribution in [0.3, 0.4) is 0 Å². The molecule has 2 aromatic rings. The summed E-state index contributed by atoms with van der Waals surface area (Å²) in [7, 11) is 0. The van der Waals surface area contributed by atoms with Gasteiger partial charge in [0.2, 0.25) is 5.91 Å². The molecule has 0 fully saturated rings. The number of hydrogen-bond acceptors (Lipinski definition) is 4. The highest BCUT2D eigenvalue weighted by Crippen LogP contribution is 2.32. The monoisotopic (exact) mass is 355 g/mol. The zero-order chi connectivity index (χ0) is 19.1. The minimum absolute atomic E-state index is 0.0649. The molecule has 0 aromatic heterocycles. The van der Waals surface area contributed by atoms with Crippen molar-refractivity contribution in [2.45, 2.75) is 26.7 Å². The van der Waals surface area contributed by atoms with Gasteiger partial charge in [0.15, 0.2) is 5.78 Å². The largest absolute Gasteiger partial charge is 0.493 e. The Labute approximate surface area is 151 Å². The molecular formula is C20H21NO5. The first-order chi connectivity index (χ1) is 12.4. The molecule has 0 unspecified atom stereocenters. The first-order valence-corrected chi connectivity index (χ1v) is 8.35. The maximum absolute atomic E-state index is 13.0. The minimum atomic E-state index is -1.17. The Kier molecular flexibility index (Phi) is 6.49. The Balaban J connectivity index is 2.60. The molecule has 0 saturated carbocycles. The maximum atomic E-state index is 13.0. The number of benzene rings is 2. The molecule has 0 spiro atoms. The number of aromatic carboxylic acids is 1. The number of amides is 1. The van der Waals surface area contributed by atoms with Crippen LogP contribution in [0.25, 0.3) is 0 Å². The molecule has 0 aliphatic carbocycles. The summed E-state index contributed by atoms with van der Waals surface area (Å²) in [4.78, 5) is 36.0. The van der Waals surface area contributed by atoms with Gasteiger partial charge in [0.25, 0.3) is 0 Å². The molecule has 6 nitrogen and oxygen atoms in total. The van der Waals surface area contributed by atoms with Gasteiger partial charge in [-0.3, -0.25) is 9.59 Å². The van der Waals surface area contributed by atoms with E-state index in [1.165, 1.54) is 19.1 Å². The lowest BCUT2D eigenvalue weighted by molar-refractivity contribution is -0.114. The Morgan fingerprint density at radius 1 is 1.08 bits per heavy atom. The van der Waals surface area contributed by atoms with Crippen molar-refractivity contribution in [3.05, 3.63) is 59.2 Å². The standard InChI is InChI=1S/C20H21NO5/c1-3-4-10-26-17-12-15(20(24)25)11-16(21-13(2)22)18(17)19(23)14-8-6-5-7-9-14/h5-9,11-12H,3-4,10H2,1-2H3,(H,21,22)(H,24,25). The van der Waals surface area contributed by atoms with Crippen molar-refractivity contribution in [3.63, 3.8) is 0 Å². The number of anilines is 1. The van der Waals surface area contributed by atoms with E-state index in [0.29, 0.717) is 12.2 Å². The van der Waals surface area contributed by atoms with Crippen LogP contribution in [0.15, 0.2) is 42.5 Å². The summed E-state index contributed by atoms with van der Waals surface area (Å²) in [6.45, 7) is 3.63. The quantitative estimate of drug-likeness (QED) is 0.556. The van der Waals surface area contributed by atoms with Crippen LogP contribution in [0.5, 0.6) is 5.75 Å². The van der Waals surface area contributed by atoms with E-state index in [4.69, 9.17) is 4.74 Å².